The Bertz CT molecular complexity index is 902. The fourth-order valence-electron chi connectivity index (χ4n) is 4.95. The van der Waals surface area contributed by atoms with E-state index in [4.69, 9.17) is 0 Å². The molecule has 1 aromatic heterocycles. The van der Waals surface area contributed by atoms with E-state index in [0.717, 1.165) is 70.0 Å². The summed E-state index contributed by atoms with van der Waals surface area (Å²) < 4.78 is 0. The molecule has 0 saturated carbocycles. The first-order chi connectivity index (χ1) is 16.1. The SMILES string of the molecule is CNC(=O)NC(=O)C(c1ccccc1)N1CCCC(CN2CCN(c3ccccn3)CC2)C1. The molecular formula is C25H34N6O2. The van der Waals surface area contributed by atoms with E-state index >= 15 is 0 Å². The van der Waals surface area contributed by atoms with Gasteiger partial charge in [-0.15, -0.1) is 0 Å². The van der Waals surface area contributed by atoms with Gasteiger partial charge in [-0.05, 0) is 43.0 Å². The highest BCUT2D eigenvalue weighted by Gasteiger charge is 2.33. The normalized spacial score (nSPS) is 20.8. The first-order valence-electron chi connectivity index (χ1n) is 11.8. The third kappa shape index (κ3) is 6.09. The van der Waals surface area contributed by atoms with Gasteiger partial charge in [0.2, 0.25) is 5.91 Å². The van der Waals surface area contributed by atoms with Crippen LogP contribution >= 0.6 is 0 Å². The number of rotatable bonds is 6. The summed E-state index contributed by atoms with van der Waals surface area (Å²) in [6.07, 6.45) is 4.06. The lowest BCUT2D eigenvalue weighted by Gasteiger charge is -2.41. The molecule has 8 heteroatoms. The zero-order valence-corrected chi connectivity index (χ0v) is 19.3. The Morgan fingerprint density at radius 2 is 1.79 bits per heavy atom. The highest BCUT2D eigenvalue weighted by molar-refractivity contribution is 5.97. The number of carbonyl (C=O) groups excluding carboxylic acids is 2. The van der Waals surface area contributed by atoms with E-state index in [1.165, 1.54) is 7.05 Å². The molecule has 2 aliphatic rings. The van der Waals surface area contributed by atoms with Crippen LogP contribution in [-0.2, 0) is 4.79 Å². The number of piperazine rings is 1. The molecule has 8 nitrogen and oxygen atoms in total. The number of anilines is 1. The van der Waals surface area contributed by atoms with Crippen molar-refractivity contribution in [2.24, 2.45) is 5.92 Å². The summed E-state index contributed by atoms with van der Waals surface area (Å²) in [5.74, 6) is 1.28. The number of imide groups is 1. The predicted octanol–water partition coefficient (Wildman–Crippen LogP) is 2.11. The molecule has 2 aliphatic heterocycles. The van der Waals surface area contributed by atoms with E-state index in [9.17, 15) is 9.59 Å². The highest BCUT2D eigenvalue weighted by atomic mass is 16.2. The number of urea groups is 1. The number of pyridine rings is 1. The van der Waals surface area contributed by atoms with Crippen molar-refractivity contribution < 1.29 is 9.59 Å². The van der Waals surface area contributed by atoms with Gasteiger partial charge in [0.15, 0.2) is 0 Å². The van der Waals surface area contributed by atoms with Crippen molar-refractivity contribution in [3.63, 3.8) is 0 Å². The van der Waals surface area contributed by atoms with Crippen LogP contribution in [0.15, 0.2) is 54.7 Å². The van der Waals surface area contributed by atoms with E-state index in [-0.39, 0.29) is 5.91 Å². The van der Waals surface area contributed by atoms with Gasteiger partial charge in [-0.25, -0.2) is 9.78 Å². The van der Waals surface area contributed by atoms with Crippen molar-refractivity contribution in [3.05, 3.63) is 60.3 Å². The fourth-order valence-corrected chi connectivity index (χ4v) is 4.95. The lowest BCUT2D eigenvalue weighted by atomic mass is 9.93. The number of hydrogen-bond donors (Lipinski definition) is 2. The van der Waals surface area contributed by atoms with Crippen LogP contribution in [0.2, 0.25) is 0 Å². The van der Waals surface area contributed by atoms with Gasteiger partial charge in [0.25, 0.3) is 0 Å². The quantitative estimate of drug-likeness (QED) is 0.702. The first-order valence-corrected chi connectivity index (χ1v) is 11.8. The number of benzene rings is 1. The maximum atomic E-state index is 13.0. The number of carbonyl (C=O) groups is 2. The Labute approximate surface area is 196 Å². The lowest BCUT2D eigenvalue weighted by Crippen LogP contribution is -2.51. The van der Waals surface area contributed by atoms with Crippen molar-refractivity contribution >= 4 is 17.8 Å². The van der Waals surface area contributed by atoms with Crippen molar-refractivity contribution in [2.45, 2.75) is 18.9 Å². The monoisotopic (exact) mass is 450 g/mol. The van der Waals surface area contributed by atoms with Crippen LogP contribution in [-0.4, -0.2) is 79.6 Å². The Morgan fingerprint density at radius 1 is 1.03 bits per heavy atom. The van der Waals surface area contributed by atoms with Crippen molar-refractivity contribution in [2.75, 3.05) is 57.8 Å². The number of nitrogens with zero attached hydrogens (tertiary/aromatic N) is 4. The van der Waals surface area contributed by atoms with Crippen LogP contribution < -0.4 is 15.5 Å². The average molecular weight is 451 g/mol. The maximum Gasteiger partial charge on any atom is 0.321 e. The van der Waals surface area contributed by atoms with Crippen LogP contribution in [0, 0.1) is 5.92 Å². The molecule has 2 N–H and O–H groups in total. The number of likely N-dealkylation sites (tertiary alicyclic amines) is 1. The zero-order valence-electron chi connectivity index (χ0n) is 19.3. The van der Waals surface area contributed by atoms with Crippen LogP contribution in [0.1, 0.15) is 24.4 Å². The summed E-state index contributed by atoms with van der Waals surface area (Å²) in [7, 11) is 1.52. The molecule has 2 atom stereocenters. The Hall–Kier alpha value is -2.97. The summed E-state index contributed by atoms with van der Waals surface area (Å²) in [5, 5.41) is 4.97. The molecule has 176 valence electrons. The minimum atomic E-state index is -0.472. The minimum Gasteiger partial charge on any atom is -0.354 e. The lowest BCUT2D eigenvalue weighted by molar-refractivity contribution is -0.126. The Balaban J connectivity index is 1.37. The molecule has 4 rings (SSSR count). The summed E-state index contributed by atoms with van der Waals surface area (Å²) in [6, 6.07) is 14.9. The fraction of sp³-hybridized carbons (Fsp3) is 0.480. The van der Waals surface area contributed by atoms with Crippen LogP contribution in [0.25, 0.3) is 0 Å². The summed E-state index contributed by atoms with van der Waals surface area (Å²) in [6.45, 7) is 6.74. The Kier molecular flexibility index (Phi) is 7.91. The number of nitrogens with one attached hydrogen (secondary N) is 2. The molecule has 3 amide bonds. The van der Waals surface area contributed by atoms with Crippen molar-refractivity contribution in [1.82, 2.24) is 25.4 Å². The molecule has 0 bridgehead atoms. The van der Waals surface area contributed by atoms with Gasteiger partial charge in [0.05, 0.1) is 0 Å². The molecule has 0 radical (unpaired) electrons. The maximum absolute atomic E-state index is 13.0. The van der Waals surface area contributed by atoms with Gasteiger partial charge in [-0.1, -0.05) is 36.4 Å². The summed E-state index contributed by atoms with van der Waals surface area (Å²) in [4.78, 5) is 36.5. The van der Waals surface area contributed by atoms with Gasteiger partial charge in [-0.2, -0.15) is 0 Å². The third-order valence-electron chi connectivity index (χ3n) is 6.60. The van der Waals surface area contributed by atoms with Gasteiger partial charge in [-0.3, -0.25) is 19.9 Å². The summed E-state index contributed by atoms with van der Waals surface area (Å²) >= 11 is 0. The largest absolute Gasteiger partial charge is 0.354 e. The second-order valence-corrected chi connectivity index (χ2v) is 8.86. The number of aromatic nitrogens is 1. The Morgan fingerprint density at radius 3 is 2.48 bits per heavy atom. The molecule has 33 heavy (non-hydrogen) atoms. The van der Waals surface area contributed by atoms with Crippen LogP contribution in [0.3, 0.4) is 0 Å². The zero-order chi connectivity index (χ0) is 23.0. The smallest absolute Gasteiger partial charge is 0.321 e. The van der Waals surface area contributed by atoms with Gasteiger partial charge >= 0.3 is 6.03 Å². The molecular weight excluding hydrogens is 416 g/mol. The molecule has 0 spiro atoms. The molecule has 3 heterocycles. The first kappa shape index (κ1) is 23.2. The van der Waals surface area contributed by atoms with Gasteiger partial charge < -0.3 is 10.2 Å². The predicted molar refractivity (Wildman–Crippen MR) is 129 cm³/mol. The topological polar surface area (TPSA) is 80.8 Å². The van der Waals surface area contributed by atoms with Crippen molar-refractivity contribution in [1.29, 1.82) is 0 Å². The van der Waals surface area contributed by atoms with Crippen LogP contribution in [0.4, 0.5) is 10.6 Å². The second kappa shape index (κ2) is 11.2. The molecule has 2 aromatic rings. The van der Waals surface area contributed by atoms with E-state index in [1.807, 2.05) is 48.7 Å². The number of piperidine rings is 1. The van der Waals surface area contributed by atoms with Crippen molar-refractivity contribution in [3.8, 4) is 0 Å². The van der Waals surface area contributed by atoms with Gasteiger partial charge in [0.1, 0.15) is 11.9 Å². The van der Waals surface area contributed by atoms with E-state index in [1.54, 1.807) is 0 Å². The average Bonchev–Trinajstić information content (AvgIpc) is 2.86. The van der Waals surface area contributed by atoms with E-state index in [0.29, 0.717) is 5.92 Å². The molecule has 1 aromatic carbocycles. The minimum absolute atomic E-state index is 0.273. The molecule has 2 unspecified atom stereocenters. The number of amides is 3. The van der Waals surface area contributed by atoms with E-state index < -0.39 is 12.1 Å². The number of hydrogen-bond acceptors (Lipinski definition) is 6. The molecule has 2 fully saturated rings. The van der Waals surface area contributed by atoms with Crippen LogP contribution in [0.5, 0.6) is 0 Å². The standard InChI is InChI=1S/C25H34N6O2/c1-26-25(33)28-24(32)23(21-9-3-2-4-10-21)31-13-7-8-20(19-31)18-29-14-16-30(17-15-29)22-11-5-6-12-27-22/h2-6,9-12,20,23H,7-8,13-19H2,1H3,(H2,26,28,32,33). The summed E-state index contributed by atoms with van der Waals surface area (Å²) in [5.41, 5.74) is 0.920. The molecule has 0 aliphatic carbocycles. The van der Waals surface area contributed by atoms with E-state index in [2.05, 4.69) is 36.4 Å². The van der Waals surface area contributed by atoms with Gasteiger partial charge in [0, 0.05) is 52.5 Å². The highest BCUT2D eigenvalue weighted by Crippen LogP contribution is 2.28. The molecule has 2 saturated heterocycles. The second-order valence-electron chi connectivity index (χ2n) is 8.86. The third-order valence-corrected chi connectivity index (χ3v) is 6.60.